The lowest BCUT2D eigenvalue weighted by Gasteiger charge is -2.07. The van der Waals surface area contributed by atoms with E-state index in [1.54, 1.807) is 0 Å². The molecular formula is C7H4Cl2F2N2O. The number of hydrogen-bond acceptors (Lipinski definition) is 3. The van der Waals surface area contributed by atoms with Gasteiger partial charge in [-0.2, -0.15) is 0 Å². The van der Waals surface area contributed by atoms with E-state index < -0.39 is 22.9 Å². The lowest BCUT2D eigenvalue weighted by atomic mass is 10.2. The average molecular weight is 241 g/mol. The maximum Gasteiger partial charge on any atom is 0.281 e. The number of nitrogens with two attached hydrogens (primary N) is 1. The van der Waals surface area contributed by atoms with Gasteiger partial charge >= 0.3 is 0 Å². The van der Waals surface area contributed by atoms with Gasteiger partial charge in [-0.05, 0) is 11.6 Å². The number of halogens is 4. The smallest absolute Gasteiger partial charge is 0.281 e. The van der Waals surface area contributed by atoms with Crippen molar-refractivity contribution in [3.05, 3.63) is 22.5 Å². The minimum absolute atomic E-state index is 0.0694. The number of alkyl halides is 2. The Labute approximate surface area is 87.8 Å². The summed E-state index contributed by atoms with van der Waals surface area (Å²) < 4.78 is 24.7. The molecule has 0 unspecified atom stereocenters. The maximum absolute atomic E-state index is 12.3. The van der Waals surface area contributed by atoms with Crippen LogP contribution in [0.15, 0.2) is 6.20 Å². The van der Waals surface area contributed by atoms with Crippen LogP contribution in [0, 0.1) is 0 Å². The molecule has 0 saturated carbocycles. The van der Waals surface area contributed by atoms with E-state index in [0.717, 1.165) is 6.20 Å². The normalized spacial score (nSPS) is 10.6. The van der Waals surface area contributed by atoms with E-state index >= 15 is 0 Å². The molecule has 76 valence electrons. The summed E-state index contributed by atoms with van der Waals surface area (Å²) in [6, 6.07) is 0. The van der Waals surface area contributed by atoms with Gasteiger partial charge in [0.1, 0.15) is 5.69 Å². The average Bonchev–Trinajstić information content (AvgIpc) is 2.08. The molecule has 1 heterocycles. The molecule has 0 radical (unpaired) electrons. The van der Waals surface area contributed by atoms with Crippen molar-refractivity contribution in [2.45, 2.75) is 6.43 Å². The third-order valence-electron chi connectivity index (χ3n) is 1.48. The van der Waals surface area contributed by atoms with Crippen molar-refractivity contribution in [1.82, 2.24) is 4.98 Å². The van der Waals surface area contributed by atoms with Gasteiger partial charge in [-0.15, -0.1) is 0 Å². The Hall–Kier alpha value is -0.940. The molecule has 0 fully saturated rings. The molecule has 1 aromatic rings. The molecule has 3 nitrogen and oxygen atoms in total. The number of anilines is 1. The predicted octanol–water partition coefficient (Wildman–Crippen LogP) is 2.63. The van der Waals surface area contributed by atoms with E-state index in [-0.39, 0.29) is 10.7 Å². The maximum atomic E-state index is 12.3. The fourth-order valence-electron chi connectivity index (χ4n) is 0.870. The zero-order chi connectivity index (χ0) is 10.9. The predicted molar refractivity (Wildman–Crippen MR) is 48.8 cm³/mol. The van der Waals surface area contributed by atoms with Gasteiger partial charge in [-0.3, -0.25) is 9.78 Å². The zero-order valence-electron chi connectivity index (χ0n) is 6.60. The highest BCUT2D eigenvalue weighted by Gasteiger charge is 2.23. The number of carbonyl (C=O) groups is 1. The molecule has 1 aromatic heterocycles. The molecule has 0 aliphatic rings. The highest BCUT2D eigenvalue weighted by Crippen LogP contribution is 2.31. The highest BCUT2D eigenvalue weighted by atomic mass is 35.5. The third-order valence-corrected chi connectivity index (χ3v) is 2.07. The topological polar surface area (TPSA) is 56.0 Å². The molecule has 0 amide bonds. The quantitative estimate of drug-likeness (QED) is 0.809. The Kier molecular flexibility index (Phi) is 3.23. The van der Waals surface area contributed by atoms with Crippen molar-refractivity contribution < 1.29 is 13.6 Å². The van der Waals surface area contributed by atoms with Crippen molar-refractivity contribution in [2.24, 2.45) is 0 Å². The van der Waals surface area contributed by atoms with Crippen molar-refractivity contribution in [3.63, 3.8) is 0 Å². The van der Waals surface area contributed by atoms with Crippen LogP contribution in [0.4, 0.5) is 14.5 Å². The summed E-state index contributed by atoms with van der Waals surface area (Å²) in [7, 11) is 0. The van der Waals surface area contributed by atoms with Crippen LogP contribution >= 0.6 is 23.2 Å². The molecule has 0 aliphatic carbocycles. The standard InChI is InChI=1S/C7H4Cl2F2N2O/c8-4-2(12)1-13-5(7(10)11)3(4)6(9)14/h1,7H,12H2. The van der Waals surface area contributed by atoms with Gasteiger partial charge in [0, 0.05) is 0 Å². The van der Waals surface area contributed by atoms with Crippen LogP contribution in [-0.2, 0) is 0 Å². The molecule has 0 aromatic carbocycles. The molecule has 1 rings (SSSR count). The largest absolute Gasteiger partial charge is 0.396 e. The minimum atomic E-state index is -2.93. The number of rotatable bonds is 2. The van der Waals surface area contributed by atoms with Gasteiger partial charge in [0.15, 0.2) is 0 Å². The van der Waals surface area contributed by atoms with Crippen molar-refractivity contribution in [3.8, 4) is 0 Å². The van der Waals surface area contributed by atoms with Crippen LogP contribution in [0.2, 0.25) is 5.02 Å². The molecule has 14 heavy (non-hydrogen) atoms. The Morgan fingerprint density at radius 3 is 2.57 bits per heavy atom. The van der Waals surface area contributed by atoms with Crippen LogP contribution in [0.3, 0.4) is 0 Å². The first-order chi connectivity index (χ1) is 6.45. The lowest BCUT2D eigenvalue weighted by molar-refractivity contribution is 0.106. The van der Waals surface area contributed by atoms with E-state index in [9.17, 15) is 13.6 Å². The number of carbonyl (C=O) groups excluding carboxylic acids is 1. The van der Waals surface area contributed by atoms with Crippen molar-refractivity contribution in [2.75, 3.05) is 5.73 Å². The first-order valence-electron chi connectivity index (χ1n) is 3.37. The number of nitrogens with zero attached hydrogens (tertiary/aromatic N) is 1. The van der Waals surface area contributed by atoms with Gasteiger partial charge in [0.25, 0.3) is 11.7 Å². The number of nitrogen functional groups attached to an aromatic ring is 1. The van der Waals surface area contributed by atoms with E-state index in [1.807, 2.05) is 0 Å². The lowest BCUT2D eigenvalue weighted by Crippen LogP contribution is -2.05. The van der Waals surface area contributed by atoms with Crippen LogP contribution in [0.25, 0.3) is 0 Å². The Morgan fingerprint density at radius 2 is 2.14 bits per heavy atom. The van der Waals surface area contributed by atoms with Gasteiger partial charge in [0.2, 0.25) is 0 Å². The summed E-state index contributed by atoms with van der Waals surface area (Å²) in [5.74, 6) is 0. The SMILES string of the molecule is Nc1cnc(C(F)F)c(C(=O)Cl)c1Cl. The molecule has 7 heteroatoms. The zero-order valence-corrected chi connectivity index (χ0v) is 8.11. The first-order valence-corrected chi connectivity index (χ1v) is 4.12. The Bertz CT molecular complexity index is 384. The molecule has 0 atom stereocenters. The number of aromatic nitrogens is 1. The summed E-state index contributed by atoms with van der Waals surface area (Å²) >= 11 is 10.6. The second kappa shape index (κ2) is 4.06. The summed E-state index contributed by atoms with van der Waals surface area (Å²) in [4.78, 5) is 14.1. The van der Waals surface area contributed by atoms with Gasteiger partial charge in [-0.25, -0.2) is 8.78 Å². The number of pyridine rings is 1. The van der Waals surface area contributed by atoms with Gasteiger partial charge in [-0.1, -0.05) is 11.6 Å². The molecule has 0 bridgehead atoms. The first kappa shape index (κ1) is 11.1. The summed E-state index contributed by atoms with van der Waals surface area (Å²) in [6.07, 6.45) is -1.97. The molecule has 0 spiro atoms. The number of hydrogen-bond donors (Lipinski definition) is 1. The fraction of sp³-hybridized carbons (Fsp3) is 0.143. The molecule has 2 N–H and O–H groups in total. The summed E-state index contributed by atoms with van der Waals surface area (Å²) in [5.41, 5.74) is 3.91. The van der Waals surface area contributed by atoms with Crippen LogP contribution in [0.5, 0.6) is 0 Å². The minimum Gasteiger partial charge on any atom is -0.396 e. The van der Waals surface area contributed by atoms with E-state index in [1.165, 1.54) is 0 Å². The Balaban J connectivity index is 3.45. The van der Waals surface area contributed by atoms with Crippen molar-refractivity contribution in [1.29, 1.82) is 0 Å². The van der Waals surface area contributed by atoms with Crippen LogP contribution < -0.4 is 5.73 Å². The molecule has 0 aliphatic heterocycles. The van der Waals surface area contributed by atoms with E-state index in [0.29, 0.717) is 0 Å². The Morgan fingerprint density at radius 1 is 1.57 bits per heavy atom. The molecule has 0 saturated heterocycles. The highest BCUT2D eigenvalue weighted by molar-refractivity contribution is 6.69. The van der Waals surface area contributed by atoms with E-state index in [4.69, 9.17) is 28.9 Å². The summed E-state index contributed by atoms with van der Waals surface area (Å²) in [6.45, 7) is 0. The van der Waals surface area contributed by atoms with Crippen LogP contribution in [-0.4, -0.2) is 10.2 Å². The van der Waals surface area contributed by atoms with E-state index in [2.05, 4.69) is 4.98 Å². The second-order valence-corrected chi connectivity index (χ2v) is 3.08. The van der Waals surface area contributed by atoms with Crippen molar-refractivity contribution >= 4 is 34.1 Å². The van der Waals surface area contributed by atoms with Gasteiger partial charge < -0.3 is 5.73 Å². The molecular weight excluding hydrogens is 237 g/mol. The van der Waals surface area contributed by atoms with Crippen LogP contribution in [0.1, 0.15) is 22.5 Å². The third kappa shape index (κ3) is 1.93. The fourth-order valence-corrected chi connectivity index (χ4v) is 1.34. The summed E-state index contributed by atoms with van der Waals surface area (Å²) in [5, 5.41) is -1.40. The van der Waals surface area contributed by atoms with Gasteiger partial charge in [0.05, 0.1) is 22.5 Å². The monoisotopic (exact) mass is 240 g/mol. The second-order valence-electron chi connectivity index (χ2n) is 2.36.